The highest BCUT2D eigenvalue weighted by Crippen LogP contribution is 2.38. The Labute approximate surface area is 123 Å². The van der Waals surface area contributed by atoms with Crippen molar-refractivity contribution in [3.8, 4) is 5.75 Å². The quantitative estimate of drug-likeness (QED) is 0.797. The smallest absolute Gasteiger partial charge is 0.495 e. The molecule has 0 unspecified atom stereocenters. The van der Waals surface area contributed by atoms with Gasteiger partial charge in [-0.1, -0.05) is 6.07 Å². The van der Waals surface area contributed by atoms with E-state index < -0.39 is 7.12 Å². The van der Waals surface area contributed by atoms with Crippen LogP contribution in [0.15, 0.2) is 17.6 Å². The van der Waals surface area contributed by atoms with Crippen molar-refractivity contribution in [2.24, 2.45) is 0 Å². The van der Waals surface area contributed by atoms with Crippen LogP contribution in [-0.4, -0.2) is 30.4 Å². The van der Waals surface area contributed by atoms with E-state index >= 15 is 0 Å². The van der Waals surface area contributed by atoms with Gasteiger partial charge in [0.1, 0.15) is 11.3 Å². The van der Waals surface area contributed by atoms with Crippen LogP contribution in [0.4, 0.5) is 0 Å². The monoisotopic (exact) mass is 291 g/mol. The Morgan fingerprint density at radius 3 is 2.40 bits per heavy atom. The predicted octanol–water partition coefficient (Wildman–Crippen LogP) is 2.60. The lowest BCUT2D eigenvalue weighted by molar-refractivity contribution is 0.00578. The minimum Gasteiger partial charge on any atom is -0.495 e. The van der Waals surface area contributed by atoms with Crippen molar-refractivity contribution < 1.29 is 14.0 Å². The molecular weight excluding hydrogens is 273 g/mol. The summed E-state index contributed by atoms with van der Waals surface area (Å²) in [6, 6.07) is 4.04. The van der Waals surface area contributed by atoms with Gasteiger partial charge in [-0.05, 0) is 33.8 Å². The van der Waals surface area contributed by atoms with E-state index in [0.717, 1.165) is 21.4 Å². The Bertz CT molecular complexity index is 637. The minimum atomic E-state index is -0.430. The van der Waals surface area contributed by atoms with E-state index in [9.17, 15) is 0 Å². The second-order valence-corrected chi connectivity index (χ2v) is 6.86. The fraction of sp³-hybridized carbons (Fsp3) is 0.500. The second kappa shape index (κ2) is 4.45. The number of methoxy groups -OCH3 is 1. The highest BCUT2D eigenvalue weighted by Gasteiger charge is 2.52. The third kappa shape index (κ3) is 1.94. The van der Waals surface area contributed by atoms with Crippen molar-refractivity contribution in [3.63, 3.8) is 0 Å². The van der Waals surface area contributed by atoms with Gasteiger partial charge in [0.05, 0.1) is 28.5 Å². The lowest BCUT2D eigenvalue weighted by Crippen LogP contribution is -2.41. The first-order valence-corrected chi connectivity index (χ1v) is 7.49. The number of benzene rings is 1. The summed E-state index contributed by atoms with van der Waals surface area (Å²) in [7, 11) is 1.23. The lowest BCUT2D eigenvalue weighted by Gasteiger charge is -2.32. The van der Waals surface area contributed by atoms with Gasteiger partial charge >= 0.3 is 7.12 Å². The molecule has 1 saturated heterocycles. The lowest BCUT2D eigenvalue weighted by atomic mass is 9.78. The number of nitrogens with zero attached hydrogens (tertiary/aromatic N) is 1. The number of hydrogen-bond donors (Lipinski definition) is 0. The Balaban J connectivity index is 2.07. The first kappa shape index (κ1) is 13.9. The average molecular weight is 291 g/mol. The molecule has 1 fully saturated rings. The molecule has 4 nitrogen and oxygen atoms in total. The van der Waals surface area contributed by atoms with Gasteiger partial charge in [0.15, 0.2) is 0 Å². The number of fused-ring (bicyclic) bond motifs is 1. The molecule has 2 heterocycles. The summed E-state index contributed by atoms with van der Waals surface area (Å²) in [4.78, 5) is 4.38. The second-order valence-electron chi connectivity index (χ2n) is 5.98. The van der Waals surface area contributed by atoms with Crippen LogP contribution in [0.25, 0.3) is 10.2 Å². The summed E-state index contributed by atoms with van der Waals surface area (Å²) in [5.41, 5.74) is 2.86. The van der Waals surface area contributed by atoms with Crippen molar-refractivity contribution in [2.45, 2.75) is 38.9 Å². The van der Waals surface area contributed by atoms with Crippen LogP contribution in [0.2, 0.25) is 0 Å². The van der Waals surface area contributed by atoms with Crippen molar-refractivity contribution >= 4 is 34.1 Å². The Hall–Kier alpha value is -1.11. The standard InChI is InChI=1S/C14H18BNO3S/c1-13(2)14(3,4)19-15(18-13)9-6-7-10-11(12(9)17-5)16-8-20-10/h6-8H,1-5H3. The van der Waals surface area contributed by atoms with Crippen LogP contribution < -0.4 is 10.2 Å². The Kier molecular flexibility index (Phi) is 3.08. The molecule has 0 aliphatic carbocycles. The molecule has 1 aliphatic heterocycles. The molecular formula is C14H18BNO3S. The molecule has 1 aromatic heterocycles. The number of aromatic nitrogens is 1. The molecule has 0 atom stereocenters. The number of ether oxygens (including phenoxy) is 1. The molecule has 0 spiro atoms. The number of hydrogen-bond acceptors (Lipinski definition) is 5. The minimum absolute atomic E-state index is 0.361. The summed E-state index contributed by atoms with van der Waals surface area (Å²) >= 11 is 1.59. The van der Waals surface area contributed by atoms with E-state index in [1.54, 1.807) is 18.4 Å². The molecule has 1 aliphatic rings. The molecule has 0 bridgehead atoms. The van der Waals surface area contributed by atoms with Crippen molar-refractivity contribution in [1.29, 1.82) is 0 Å². The van der Waals surface area contributed by atoms with Crippen LogP contribution in [0, 0.1) is 0 Å². The van der Waals surface area contributed by atoms with E-state index in [2.05, 4.69) is 4.98 Å². The predicted molar refractivity (Wildman–Crippen MR) is 81.9 cm³/mol. The van der Waals surface area contributed by atoms with Gasteiger partial charge < -0.3 is 14.0 Å². The highest BCUT2D eigenvalue weighted by molar-refractivity contribution is 7.16. The molecule has 0 N–H and O–H groups in total. The molecule has 20 heavy (non-hydrogen) atoms. The van der Waals surface area contributed by atoms with Crippen molar-refractivity contribution in [3.05, 3.63) is 17.6 Å². The highest BCUT2D eigenvalue weighted by atomic mass is 32.1. The van der Waals surface area contributed by atoms with Crippen LogP contribution in [-0.2, 0) is 9.31 Å². The average Bonchev–Trinajstić information content (AvgIpc) is 2.91. The maximum Gasteiger partial charge on any atom is 0.498 e. The van der Waals surface area contributed by atoms with Crippen LogP contribution in [0.3, 0.4) is 0 Å². The number of thiazole rings is 1. The van der Waals surface area contributed by atoms with Gasteiger partial charge in [0.2, 0.25) is 0 Å². The molecule has 0 amide bonds. The SMILES string of the molecule is COc1c(B2OC(C)(C)C(C)(C)O2)ccc2scnc12. The molecule has 1 aromatic carbocycles. The fourth-order valence-corrected chi connectivity index (χ4v) is 2.97. The van der Waals surface area contributed by atoms with Gasteiger partial charge in [-0.2, -0.15) is 0 Å². The summed E-state index contributed by atoms with van der Waals surface area (Å²) in [6.07, 6.45) is 0. The van der Waals surface area contributed by atoms with Gasteiger partial charge in [-0.3, -0.25) is 0 Å². The summed E-state index contributed by atoms with van der Waals surface area (Å²) < 4.78 is 18.8. The van der Waals surface area contributed by atoms with E-state index in [4.69, 9.17) is 14.0 Å². The van der Waals surface area contributed by atoms with E-state index in [1.807, 2.05) is 45.3 Å². The van der Waals surface area contributed by atoms with Gasteiger partial charge in [-0.15, -0.1) is 11.3 Å². The molecule has 0 radical (unpaired) electrons. The zero-order valence-corrected chi connectivity index (χ0v) is 13.2. The zero-order valence-electron chi connectivity index (χ0n) is 12.4. The molecule has 3 rings (SSSR count). The van der Waals surface area contributed by atoms with E-state index in [1.165, 1.54) is 0 Å². The summed E-state index contributed by atoms with van der Waals surface area (Å²) in [5, 5.41) is 0. The Morgan fingerprint density at radius 2 is 1.80 bits per heavy atom. The van der Waals surface area contributed by atoms with E-state index in [-0.39, 0.29) is 11.2 Å². The van der Waals surface area contributed by atoms with Gasteiger partial charge in [-0.25, -0.2) is 4.98 Å². The fourth-order valence-electron chi connectivity index (χ4n) is 2.29. The third-order valence-corrected chi connectivity index (χ3v) is 4.99. The van der Waals surface area contributed by atoms with Gasteiger partial charge in [0, 0.05) is 5.46 Å². The molecule has 6 heteroatoms. The van der Waals surface area contributed by atoms with Gasteiger partial charge in [0.25, 0.3) is 0 Å². The first-order chi connectivity index (χ1) is 9.36. The van der Waals surface area contributed by atoms with E-state index in [0.29, 0.717) is 0 Å². The normalized spacial score (nSPS) is 20.6. The number of rotatable bonds is 2. The van der Waals surface area contributed by atoms with Crippen LogP contribution in [0.1, 0.15) is 27.7 Å². The van der Waals surface area contributed by atoms with Crippen LogP contribution in [0.5, 0.6) is 5.75 Å². The third-order valence-electron chi connectivity index (χ3n) is 4.20. The van der Waals surface area contributed by atoms with Crippen LogP contribution >= 0.6 is 11.3 Å². The maximum atomic E-state index is 6.09. The zero-order chi connectivity index (χ0) is 14.5. The summed E-state index contributed by atoms with van der Waals surface area (Å²) in [5.74, 6) is 0.738. The topological polar surface area (TPSA) is 40.6 Å². The first-order valence-electron chi connectivity index (χ1n) is 6.61. The molecule has 106 valence electrons. The Morgan fingerprint density at radius 1 is 1.15 bits per heavy atom. The molecule has 2 aromatic rings. The summed E-state index contributed by atoms with van der Waals surface area (Å²) in [6.45, 7) is 8.17. The van der Waals surface area contributed by atoms with Crippen molar-refractivity contribution in [2.75, 3.05) is 7.11 Å². The molecule has 0 saturated carbocycles. The largest absolute Gasteiger partial charge is 0.498 e. The van der Waals surface area contributed by atoms with Crippen molar-refractivity contribution in [1.82, 2.24) is 4.98 Å². The maximum absolute atomic E-state index is 6.09.